The summed E-state index contributed by atoms with van der Waals surface area (Å²) in [4.78, 5) is 14.6. The van der Waals surface area contributed by atoms with Crippen LogP contribution in [-0.4, -0.2) is 49.2 Å². The number of hydrogen-bond donors (Lipinski definition) is 1. The summed E-state index contributed by atoms with van der Waals surface area (Å²) >= 11 is 0. The van der Waals surface area contributed by atoms with Crippen LogP contribution in [0.1, 0.15) is 46.0 Å². The first-order valence-electron chi connectivity index (χ1n) is 7.60. The average molecular weight is 268 g/mol. The third kappa shape index (κ3) is 3.69. The molecule has 19 heavy (non-hydrogen) atoms. The summed E-state index contributed by atoms with van der Waals surface area (Å²) in [5.41, 5.74) is -0.719. The molecule has 0 bridgehead atoms. The number of hydrogen-bond acceptors (Lipinski definition) is 3. The number of likely N-dealkylation sites (tertiary alicyclic amines) is 1. The number of amides is 1. The van der Waals surface area contributed by atoms with Gasteiger partial charge in [0.2, 0.25) is 0 Å². The van der Waals surface area contributed by atoms with E-state index in [1.807, 2.05) is 13.8 Å². The number of nitrogens with zero attached hydrogens (tertiary/aromatic N) is 1. The first-order chi connectivity index (χ1) is 9.03. The highest BCUT2D eigenvalue weighted by Crippen LogP contribution is 2.28. The van der Waals surface area contributed by atoms with Gasteiger partial charge in [-0.3, -0.25) is 4.79 Å². The molecule has 1 atom stereocenters. The summed E-state index contributed by atoms with van der Waals surface area (Å²) in [7, 11) is 1.58. The van der Waals surface area contributed by atoms with E-state index >= 15 is 0 Å². The molecule has 0 aromatic rings. The summed E-state index contributed by atoms with van der Waals surface area (Å²) in [6.45, 7) is 6.76. The zero-order valence-corrected chi connectivity index (χ0v) is 12.6. The van der Waals surface area contributed by atoms with Gasteiger partial charge in [-0.1, -0.05) is 12.8 Å². The van der Waals surface area contributed by atoms with E-state index in [2.05, 4.69) is 10.2 Å². The quantitative estimate of drug-likeness (QED) is 0.826. The first kappa shape index (κ1) is 14.8. The van der Waals surface area contributed by atoms with Crippen molar-refractivity contribution in [1.29, 1.82) is 0 Å². The number of nitrogens with one attached hydrogen (secondary N) is 1. The minimum atomic E-state index is -0.719. The van der Waals surface area contributed by atoms with Crippen LogP contribution in [0.25, 0.3) is 0 Å². The van der Waals surface area contributed by atoms with Gasteiger partial charge < -0.3 is 15.0 Å². The third-order valence-corrected chi connectivity index (χ3v) is 4.77. The Balaban J connectivity index is 1.72. The van der Waals surface area contributed by atoms with Crippen molar-refractivity contribution in [2.45, 2.75) is 57.6 Å². The van der Waals surface area contributed by atoms with Crippen LogP contribution in [0.4, 0.5) is 0 Å². The highest BCUT2D eigenvalue weighted by Gasteiger charge is 2.31. The van der Waals surface area contributed by atoms with Crippen LogP contribution in [0, 0.1) is 5.92 Å². The zero-order chi connectivity index (χ0) is 13.9. The Labute approximate surface area is 116 Å². The molecule has 4 nitrogen and oxygen atoms in total. The molecule has 0 aromatic carbocycles. The topological polar surface area (TPSA) is 41.6 Å². The smallest absolute Gasteiger partial charge is 0.251 e. The minimum Gasteiger partial charge on any atom is -0.369 e. The Morgan fingerprint density at radius 3 is 2.63 bits per heavy atom. The van der Waals surface area contributed by atoms with Gasteiger partial charge in [0.15, 0.2) is 0 Å². The average Bonchev–Trinajstić information content (AvgIpc) is 3.06. The number of carbonyl (C=O) groups is 1. The van der Waals surface area contributed by atoms with Gasteiger partial charge in [-0.15, -0.1) is 0 Å². The van der Waals surface area contributed by atoms with E-state index in [1.54, 1.807) is 7.11 Å². The van der Waals surface area contributed by atoms with Gasteiger partial charge in [-0.05, 0) is 45.6 Å². The van der Waals surface area contributed by atoms with E-state index in [9.17, 15) is 4.79 Å². The molecule has 4 heteroatoms. The predicted octanol–water partition coefficient (Wildman–Crippen LogP) is 1.79. The van der Waals surface area contributed by atoms with Gasteiger partial charge in [0.1, 0.15) is 5.60 Å². The SMILES string of the molecule is COC(C)(C)C(=O)NC[C@@H]1CCN(C2CCCC2)C1. The van der Waals surface area contributed by atoms with E-state index in [1.165, 1.54) is 38.6 Å². The molecule has 1 aliphatic carbocycles. The molecule has 1 N–H and O–H groups in total. The Hall–Kier alpha value is -0.610. The van der Waals surface area contributed by atoms with Crippen LogP contribution < -0.4 is 5.32 Å². The predicted molar refractivity (Wildman–Crippen MR) is 76.0 cm³/mol. The lowest BCUT2D eigenvalue weighted by Crippen LogP contribution is -2.45. The van der Waals surface area contributed by atoms with Crippen molar-refractivity contribution in [1.82, 2.24) is 10.2 Å². The second-order valence-electron chi connectivity index (χ2n) is 6.51. The van der Waals surface area contributed by atoms with Gasteiger partial charge in [0, 0.05) is 26.2 Å². The lowest BCUT2D eigenvalue weighted by Gasteiger charge is -2.25. The van der Waals surface area contributed by atoms with Crippen LogP contribution in [0.3, 0.4) is 0 Å². The second kappa shape index (κ2) is 6.23. The number of ether oxygens (including phenoxy) is 1. The minimum absolute atomic E-state index is 0.00526. The zero-order valence-electron chi connectivity index (χ0n) is 12.6. The van der Waals surface area contributed by atoms with E-state index in [0.29, 0.717) is 5.92 Å². The second-order valence-corrected chi connectivity index (χ2v) is 6.51. The van der Waals surface area contributed by atoms with E-state index in [0.717, 1.165) is 19.1 Å². The maximum Gasteiger partial charge on any atom is 0.251 e. The lowest BCUT2D eigenvalue weighted by atomic mass is 10.1. The fourth-order valence-electron chi connectivity index (χ4n) is 3.17. The molecule has 1 heterocycles. The van der Waals surface area contributed by atoms with Crippen LogP contribution in [0.2, 0.25) is 0 Å². The van der Waals surface area contributed by atoms with Gasteiger partial charge in [0.05, 0.1) is 0 Å². The van der Waals surface area contributed by atoms with E-state index in [4.69, 9.17) is 4.74 Å². The number of carbonyl (C=O) groups excluding carboxylic acids is 1. The molecule has 2 rings (SSSR count). The standard InChI is InChI=1S/C15H28N2O2/c1-15(2,19-3)14(18)16-10-12-8-9-17(11-12)13-6-4-5-7-13/h12-13H,4-11H2,1-3H3,(H,16,18)/t12-/m0/s1. The molecular weight excluding hydrogens is 240 g/mol. The largest absolute Gasteiger partial charge is 0.369 e. The maximum atomic E-state index is 11.9. The fourth-order valence-corrected chi connectivity index (χ4v) is 3.17. The Morgan fingerprint density at radius 1 is 1.32 bits per heavy atom. The summed E-state index contributed by atoms with van der Waals surface area (Å²) in [5, 5.41) is 3.04. The van der Waals surface area contributed by atoms with Crippen molar-refractivity contribution in [2.24, 2.45) is 5.92 Å². The molecule has 110 valence electrons. The van der Waals surface area contributed by atoms with Crippen LogP contribution in [-0.2, 0) is 9.53 Å². The van der Waals surface area contributed by atoms with Crippen LogP contribution >= 0.6 is 0 Å². The van der Waals surface area contributed by atoms with Crippen LogP contribution in [0.5, 0.6) is 0 Å². The Morgan fingerprint density at radius 2 is 2.00 bits per heavy atom. The third-order valence-electron chi connectivity index (χ3n) is 4.77. The molecule has 0 unspecified atom stereocenters. The van der Waals surface area contributed by atoms with Crippen molar-refractivity contribution in [3.63, 3.8) is 0 Å². The summed E-state index contributed by atoms with van der Waals surface area (Å²) in [6.07, 6.45) is 6.74. The number of methoxy groups -OCH3 is 1. The monoisotopic (exact) mass is 268 g/mol. The molecule has 1 saturated heterocycles. The first-order valence-corrected chi connectivity index (χ1v) is 7.60. The van der Waals surface area contributed by atoms with Crippen molar-refractivity contribution >= 4 is 5.91 Å². The van der Waals surface area contributed by atoms with Crippen molar-refractivity contribution in [3.05, 3.63) is 0 Å². The van der Waals surface area contributed by atoms with Crippen molar-refractivity contribution in [2.75, 3.05) is 26.7 Å². The Bertz CT molecular complexity index is 311. The normalized spacial score (nSPS) is 25.9. The molecule has 0 spiro atoms. The highest BCUT2D eigenvalue weighted by atomic mass is 16.5. The van der Waals surface area contributed by atoms with E-state index in [-0.39, 0.29) is 5.91 Å². The molecule has 1 aliphatic heterocycles. The van der Waals surface area contributed by atoms with Gasteiger partial charge in [0.25, 0.3) is 5.91 Å². The fraction of sp³-hybridized carbons (Fsp3) is 0.933. The van der Waals surface area contributed by atoms with E-state index < -0.39 is 5.60 Å². The Kier molecular flexibility index (Phi) is 4.85. The van der Waals surface area contributed by atoms with Gasteiger partial charge >= 0.3 is 0 Å². The van der Waals surface area contributed by atoms with Crippen molar-refractivity contribution < 1.29 is 9.53 Å². The van der Waals surface area contributed by atoms with Gasteiger partial charge in [-0.25, -0.2) is 0 Å². The molecule has 2 aliphatic rings. The maximum absolute atomic E-state index is 11.9. The summed E-state index contributed by atoms with van der Waals surface area (Å²) < 4.78 is 5.19. The molecule has 1 amide bonds. The van der Waals surface area contributed by atoms with Crippen molar-refractivity contribution in [3.8, 4) is 0 Å². The highest BCUT2D eigenvalue weighted by molar-refractivity contribution is 5.84. The molecule has 0 radical (unpaired) electrons. The molecule has 0 aromatic heterocycles. The van der Waals surface area contributed by atoms with Gasteiger partial charge in [-0.2, -0.15) is 0 Å². The summed E-state index contributed by atoms with van der Waals surface area (Å²) in [6, 6.07) is 0.816. The molecular formula is C15H28N2O2. The number of rotatable bonds is 5. The summed E-state index contributed by atoms with van der Waals surface area (Å²) in [5.74, 6) is 0.603. The molecule has 1 saturated carbocycles. The van der Waals surface area contributed by atoms with Crippen LogP contribution in [0.15, 0.2) is 0 Å². The lowest BCUT2D eigenvalue weighted by molar-refractivity contribution is -0.139. The molecule has 2 fully saturated rings.